The third kappa shape index (κ3) is 2.96. The first-order chi connectivity index (χ1) is 13.0. The minimum atomic E-state index is -5.36. The lowest BCUT2D eigenvalue weighted by Gasteiger charge is -2.47. The molecule has 2 heterocycles. The predicted octanol–water partition coefficient (Wildman–Crippen LogP) is 1.29. The zero-order chi connectivity index (χ0) is 20.9. The highest BCUT2D eigenvalue weighted by Crippen LogP contribution is 2.41. The summed E-state index contributed by atoms with van der Waals surface area (Å²) in [5, 5.41) is 24.4. The average molecular weight is 420 g/mol. The van der Waals surface area contributed by atoms with Crippen LogP contribution in [0.25, 0.3) is 0 Å². The van der Waals surface area contributed by atoms with Gasteiger partial charge in [-0.1, -0.05) is 18.2 Å². The lowest BCUT2D eigenvalue weighted by atomic mass is 9.97. The summed E-state index contributed by atoms with van der Waals surface area (Å²) < 4.78 is 54.7. The van der Waals surface area contributed by atoms with E-state index in [4.69, 9.17) is 0 Å². The molecule has 0 spiro atoms. The molecule has 2 fully saturated rings. The van der Waals surface area contributed by atoms with Crippen molar-refractivity contribution in [3.63, 3.8) is 0 Å². The number of fused-ring (bicyclic) bond motifs is 2. The average Bonchev–Trinajstić information content (AvgIpc) is 2.96. The molecule has 0 saturated carbocycles. The normalized spacial score (nSPS) is 26.2. The van der Waals surface area contributed by atoms with E-state index in [2.05, 4.69) is 0 Å². The van der Waals surface area contributed by atoms with Crippen molar-refractivity contribution >= 4 is 22.0 Å². The van der Waals surface area contributed by atoms with Crippen molar-refractivity contribution in [1.82, 2.24) is 9.80 Å². The fourth-order valence-electron chi connectivity index (χ4n) is 3.98. The van der Waals surface area contributed by atoms with Gasteiger partial charge in [0.25, 0.3) is 0 Å². The van der Waals surface area contributed by atoms with Crippen molar-refractivity contribution < 1.29 is 42.1 Å². The molecule has 2 amide bonds. The molecule has 9 nitrogen and oxygen atoms in total. The van der Waals surface area contributed by atoms with Crippen LogP contribution < -0.4 is 0 Å². The van der Waals surface area contributed by atoms with Gasteiger partial charge in [0.1, 0.15) is 0 Å². The standard InChI is InChI=1S/C16H18F2N2O7S/c17-16(18,28(26,27)10-4-2-1-3-5-10)13(21)12-11-7-6-9(20(11)15(24)25)8-19(12)14(22)23/h1-5,9,11-13,21H,6-8H2,(H,22,23)(H,24,25)/t9-,11+,12+,13?/m1/s1. The van der Waals surface area contributed by atoms with Crippen LogP contribution in [-0.4, -0.2) is 81.8 Å². The van der Waals surface area contributed by atoms with Crippen LogP contribution in [0.1, 0.15) is 12.8 Å². The third-order valence-electron chi connectivity index (χ3n) is 5.25. The number of aliphatic hydroxyl groups excluding tert-OH is 1. The molecule has 3 N–H and O–H groups in total. The maximum atomic E-state index is 14.9. The van der Waals surface area contributed by atoms with Gasteiger partial charge < -0.3 is 15.3 Å². The highest BCUT2D eigenvalue weighted by molar-refractivity contribution is 7.92. The number of hydrogen-bond donors (Lipinski definition) is 3. The van der Waals surface area contributed by atoms with Gasteiger partial charge >= 0.3 is 17.4 Å². The summed E-state index contributed by atoms with van der Waals surface area (Å²) in [4.78, 5) is 23.7. The molecule has 0 radical (unpaired) electrons. The molecule has 2 aliphatic heterocycles. The molecule has 4 atom stereocenters. The number of alkyl halides is 2. The Labute approximate surface area is 158 Å². The van der Waals surface area contributed by atoms with Crippen molar-refractivity contribution in [2.75, 3.05) is 6.54 Å². The second-order valence-electron chi connectivity index (χ2n) is 6.74. The number of hydrogen-bond acceptors (Lipinski definition) is 5. The summed E-state index contributed by atoms with van der Waals surface area (Å²) in [5.74, 6) is 0. The summed E-state index contributed by atoms with van der Waals surface area (Å²) >= 11 is 0. The molecule has 0 aliphatic carbocycles. The minimum absolute atomic E-state index is 0.0317. The highest BCUT2D eigenvalue weighted by Gasteiger charge is 2.62. The van der Waals surface area contributed by atoms with Crippen molar-refractivity contribution in [3.8, 4) is 0 Å². The third-order valence-corrected chi connectivity index (χ3v) is 7.10. The van der Waals surface area contributed by atoms with E-state index in [1.165, 1.54) is 18.2 Å². The van der Waals surface area contributed by atoms with E-state index in [0.717, 1.165) is 17.0 Å². The Morgan fingerprint density at radius 2 is 1.71 bits per heavy atom. The zero-order valence-corrected chi connectivity index (χ0v) is 15.2. The Bertz CT molecular complexity index is 880. The summed E-state index contributed by atoms with van der Waals surface area (Å²) in [7, 11) is -5.36. The Balaban J connectivity index is 2.03. The van der Waals surface area contributed by atoms with Gasteiger partial charge in [-0.25, -0.2) is 18.0 Å². The van der Waals surface area contributed by atoms with E-state index >= 15 is 0 Å². The lowest BCUT2D eigenvalue weighted by molar-refractivity contribution is -0.108. The number of carboxylic acid groups (broad SMARTS) is 2. The van der Waals surface area contributed by atoms with Crippen LogP contribution in [0.5, 0.6) is 0 Å². The van der Waals surface area contributed by atoms with Crippen LogP contribution in [0, 0.1) is 0 Å². The van der Waals surface area contributed by atoms with Crippen molar-refractivity contribution in [2.24, 2.45) is 0 Å². The van der Waals surface area contributed by atoms with Crippen LogP contribution in [0.4, 0.5) is 18.4 Å². The molecular weight excluding hydrogens is 402 g/mol. The van der Waals surface area contributed by atoms with Gasteiger partial charge in [-0.05, 0) is 25.0 Å². The molecule has 2 bridgehead atoms. The first-order valence-corrected chi connectivity index (χ1v) is 9.85. The van der Waals surface area contributed by atoms with Crippen LogP contribution in [0.15, 0.2) is 35.2 Å². The molecule has 154 valence electrons. The van der Waals surface area contributed by atoms with Gasteiger partial charge in [-0.3, -0.25) is 9.80 Å². The highest BCUT2D eigenvalue weighted by atomic mass is 32.2. The number of rotatable bonds is 4. The molecule has 3 rings (SSSR count). The first kappa shape index (κ1) is 20.3. The van der Waals surface area contributed by atoms with Gasteiger partial charge in [-0.2, -0.15) is 8.78 Å². The molecule has 28 heavy (non-hydrogen) atoms. The molecule has 2 aliphatic rings. The maximum absolute atomic E-state index is 14.9. The maximum Gasteiger partial charge on any atom is 0.407 e. The minimum Gasteiger partial charge on any atom is -0.465 e. The number of carbonyl (C=O) groups is 2. The van der Waals surface area contributed by atoms with Gasteiger partial charge in [0.05, 0.1) is 23.0 Å². The summed E-state index contributed by atoms with van der Waals surface area (Å²) in [6, 6.07) is 1.80. The fourth-order valence-corrected chi connectivity index (χ4v) is 5.27. The van der Waals surface area contributed by atoms with E-state index in [1.807, 2.05) is 0 Å². The van der Waals surface area contributed by atoms with E-state index in [1.54, 1.807) is 0 Å². The second-order valence-corrected chi connectivity index (χ2v) is 8.76. The topological polar surface area (TPSA) is 135 Å². The van der Waals surface area contributed by atoms with Crippen molar-refractivity contribution in [3.05, 3.63) is 30.3 Å². The summed E-state index contributed by atoms with van der Waals surface area (Å²) in [6.45, 7) is -0.429. The molecule has 1 aromatic rings. The number of piperazine rings is 1. The SMILES string of the molecule is O=C(O)N1C[C@H]2CC[C@@H]([C@H]1C(O)C(F)(F)S(=O)(=O)c1ccccc1)N2C(=O)O. The number of sulfone groups is 1. The fraction of sp³-hybridized carbons (Fsp3) is 0.500. The van der Waals surface area contributed by atoms with Crippen LogP contribution >= 0.6 is 0 Å². The molecule has 1 unspecified atom stereocenters. The Morgan fingerprint density at radius 1 is 1.11 bits per heavy atom. The Morgan fingerprint density at radius 3 is 2.25 bits per heavy atom. The molecule has 12 heteroatoms. The summed E-state index contributed by atoms with van der Waals surface area (Å²) in [6.07, 6.45) is -5.78. The number of likely N-dealkylation sites (tertiary alicyclic amines) is 1. The van der Waals surface area contributed by atoms with E-state index in [-0.39, 0.29) is 12.8 Å². The Kier molecular flexibility index (Phi) is 4.96. The second kappa shape index (κ2) is 6.85. The zero-order valence-electron chi connectivity index (χ0n) is 14.4. The number of aliphatic hydroxyl groups is 1. The number of halogens is 2. The Hall–Kier alpha value is -2.47. The smallest absolute Gasteiger partial charge is 0.407 e. The largest absolute Gasteiger partial charge is 0.465 e. The molecular formula is C16H18F2N2O7S. The van der Waals surface area contributed by atoms with E-state index < -0.39 is 62.9 Å². The van der Waals surface area contributed by atoms with Crippen molar-refractivity contribution in [1.29, 1.82) is 0 Å². The predicted molar refractivity (Wildman–Crippen MR) is 89.8 cm³/mol. The number of benzene rings is 1. The quantitative estimate of drug-likeness (QED) is 0.668. The molecule has 0 aromatic heterocycles. The van der Waals surface area contributed by atoms with Crippen LogP contribution in [-0.2, 0) is 9.84 Å². The molecule has 2 saturated heterocycles. The van der Waals surface area contributed by atoms with Gasteiger partial charge in [0.15, 0.2) is 6.10 Å². The first-order valence-electron chi connectivity index (χ1n) is 8.36. The van der Waals surface area contributed by atoms with Gasteiger partial charge in [0, 0.05) is 6.54 Å². The van der Waals surface area contributed by atoms with Crippen LogP contribution in [0.2, 0.25) is 0 Å². The lowest BCUT2D eigenvalue weighted by Crippen LogP contribution is -2.68. The van der Waals surface area contributed by atoms with E-state index in [9.17, 15) is 42.1 Å². The number of nitrogens with zero attached hydrogens (tertiary/aromatic N) is 2. The van der Waals surface area contributed by atoms with Crippen molar-refractivity contribution in [2.45, 2.75) is 47.2 Å². The number of amides is 2. The van der Waals surface area contributed by atoms with E-state index in [0.29, 0.717) is 4.90 Å². The summed E-state index contributed by atoms with van der Waals surface area (Å²) in [5.41, 5.74) is 0. The van der Waals surface area contributed by atoms with Gasteiger partial charge in [0.2, 0.25) is 9.84 Å². The monoisotopic (exact) mass is 420 g/mol. The van der Waals surface area contributed by atoms with Gasteiger partial charge in [-0.15, -0.1) is 0 Å². The molecule has 1 aromatic carbocycles. The van der Waals surface area contributed by atoms with Crippen LogP contribution in [0.3, 0.4) is 0 Å².